The third-order valence-corrected chi connectivity index (χ3v) is 0. The summed E-state index contributed by atoms with van der Waals surface area (Å²) in [5.41, 5.74) is 0. The van der Waals surface area contributed by atoms with Gasteiger partial charge in [-0.1, -0.05) is 21.3 Å². The van der Waals surface area contributed by atoms with E-state index in [1.165, 1.54) is 6.92 Å². The molecule has 0 bridgehead atoms. The Morgan fingerprint density at radius 2 is 0.667 bits per heavy atom. The van der Waals surface area contributed by atoms with E-state index in [0.29, 0.717) is 0 Å². The quantitative estimate of drug-likeness (QED) is 0.218. The van der Waals surface area contributed by atoms with Gasteiger partial charge in [0, 0.05) is 51.7 Å². The number of rotatable bonds is 0. The summed E-state index contributed by atoms with van der Waals surface area (Å²) >= 11 is 0. The summed E-state index contributed by atoms with van der Waals surface area (Å²) in [7, 11) is 0. The maximum Gasteiger partial charge on any atom is 0.148 e. The Bertz CT molecular complexity index is 25.7. The predicted molar refractivity (Wildman–Crippen MR) is 53.7 cm³/mol. The molecule has 0 saturated heterocycles. The summed E-state index contributed by atoms with van der Waals surface area (Å²) in [6.45, 7) is 5.28. The third-order valence-electron chi connectivity index (χ3n) is 0. The van der Waals surface area contributed by atoms with Crippen molar-refractivity contribution in [2.24, 2.45) is 0 Å². The number of hydrogen-bond acceptors (Lipinski definition) is 2. The van der Waals surface area contributed by atoms with Crippen LogP contribution in [0.2, 0.25) is 0 Å². The first-order chi connectivity index (χ1) is 2.73. The maximum absolute atomic E-state index is 7.61. The van der Waals surface area contributed by atoms with E-state index < -0.39 is 6.29 Å². The first-order valence-corrected chi connectivity index (χ1v) is 2.09. The Labute approximate surface area is 128 Å². The zero-order valence-electron chi connectivity index (χ0n) is 8.47. The van der Waals surface area contributed by atoms with Gasteiger partial charge in [-0.15, -0.1) is 0 Å². The van der Waals surface area contributed by atoms with Crippen molar-refractivity contribution in [3.8, 4) is 0 Å². The second-order valence-corrected chi connectivity index (χ2v) is 0.632. The topological polar surface area (TPSA) is 229 Å². The van der Waals surface area contributed by atoms with Crippen LogP contribution in [-0.2, 0) is 51.7 Å². The summed E-state index contributed by atoms with van der Waals surface area (Å²) in [5.74, 6) is 0. The first kappa shape index (κ1) is 133. The monoisotopic (exact) mass is 576 g/mol. The van der Waals surface area contributed by atoms with E-state index in [2.05, 4.69) is 0 Å². The molecule has 15 heavy (non-hydrogen) atoms. The molecule has 0 aliphatic carbocycles. The smallest absolute Gasteiger partial charge is 0.148 e. The molecule has 8 nitrogen and oxygen atoms in total. The third kappa shape index (κ3) is 1380. The first-order valence-electron chi connectivity index (χ1n) is 2.09. The molecule has 104 valence electrons. The fourth-order valence-corrected chi connectivity index (χ4v) is 0. The summed E-state index contributed by atoms with van der Waals surface area (Å²) in [5, 5.41) is 15.2. The van der Waals surface area contributed by atoms with Gasteiger partial charge >= 0.3 is 0 Å². The van der Waals surface area contributed by atoms with E-state index in [9.17, 15) is 0 Å². The summed E-state index contributed by atoms with van der Waals surface area (Å²) in [6.07, 6.45) is -1.17. The zero-order valence-corrected chi connectivity index (χ0v) is 15.7. The van der Waals surface area contributed by atoms with Crippen molar-refractivity contribution in [3.63, 3.8) is 0 Å². The van der Waals surface area contributed by atoms with E-state index in [1.54, 1.807) is 0 Å². The van der Waals surface area contributed by atoms with Gasteiger partial charge in [-0.05, 0) is 6.92 Å². The minimum Gasteiger partial charge on any atom is -0.412 e. The Morgan fingerprint density at radius 3 is 0.667 bits per heavy atom. The molecule has 0 aliphatic rings. The molecule has 10 heteroatoms. The maximum atomic E-state index is 7.61. The molecule has 0 rings (SSSR count). The van der Waals surface area contributed by atoms with Gasteiger partial charge in [-0.25, -0.2) is 0 Å². The van der Waals surface area contributed by atoms with Crippen LogP contribution < -0.4 is 0 Å². The number of hydrogen-bond donors (Lipinski definition) is 2. The van der Waals surface area contributed by atoms with E-state index in [1.807, 2.05) is 13.8 Å². The minimum atomic E-state index is -1.17. The van der Waals surface area contributed by atoms with Crippen LogP contribution in [0.1, 0.15) is 28.2 Å². The minimum absolute atomic E-state index is 0. The van der Waals surface area contributed by atoms with Gasteiger partial charge < -0.3 is 43.1 Å². The van der Waals surface area contributed by atoms with Crippen molar-refractivity contribution in [1.82, 2.24) is 0 Å². The Hall–Kier alpha value is 1.42. The van der Waals surface area contributed by atoms with Crippen LogP contribution in [0.15, 0.2) is 0 Å². The Kier molecular flexibility index (Phi) is 1450. The molecule has 0 aromatic heterocycles. The molecule has 0 saturated carbocycles. The van der Waals surface area contributed by atoms with Gasteiger partial charge in [-0.2, -0.15) is 0 Å². The predicted octanol–water partition coefficient (Wildman–Crippen LogP) is -3.97. The fraction of sp³-hybridized carbons (Fsp3) is 1.00. The van der Waals surface area contributed by atoms with Crippen LogP contribution in [0.4, 0.5) is 0 Å². The number of aliphatic hydroxyl groups is 2. The van der Waals surface area contributed by atoms with Gasteiger partial charge in [0.1, 0.15) is 6.29 Å². The van der Waals surface area contributed by atoms with Crippen molar-refractivity contribution in [1.29, 1.82) is 0 Å². The van der Waals surface area contributed by atoms with E-state index in [4.69, 9.17) is 10.2 Å². The van der Waals surface area contributed by atoms with Gasteiger partial charge in [0.15, 0.2) is 0 Å². The molecule has 0 atom stereocenters. The Morgan fingerprint density at radius 1 is 0.667 bits per heavy atom. The van der Waals surface area contributed by atoms with Crippen molar-refractivity contribution in [3.05, 3.63) is 0 Å². The molecule has 0 amide bonds. The van der Waals surface area contributed by atoms with Gasteiger partial charge in [0.05, 0.1) is 0 Å². The van der Waals surface area contributed by atoms with Gasteiger partial charge in [0.2, 0.25) is 0 Å². The van der Waals surface area contributed by atoms with E-state index in [0.717, 1.165) is 0 Å². The molecule has 0 spiro atoms. The summed E-state index contributed by atoms with van der Waals surface area (Å²) < 4.78 is 0. The average Bonchev–Trinajstić information content (AvgIpc) is 1.41. The molecule has 0 radical (unpaired) electrons. The molecule has 0 unspecified atom stereocenters. The molecule has 0 heterocycles. The normalized spacial score (nSPS) is 2.80. The van der Waals surface area contributed by atoms with Crippen LogP contribution in [0.3, 0.4) is 0 Å². The molecule has 0 aromatic carbocycles. The van der Waals surface area contributed by atoms with Crippen LogP contribution in [0.25, 0.3) is 0 Å². The average molecular weight is 573 g/mol. The van der Waals surface area contributed by atoms with Crippen LogP contribution in [0, 0.1) is 0 Å². The van der Waals surface area contributed by atoms with E-state index >= 15 is 0 Å². The van der Waals surface area contributed by atoms with Crippen molar-refractivity contribution >= 4 is 0 Å². The van der Waals surface area contributed by atoms with Crippen LogP contribution in [-0.4, -0.2) is 49.4 Å². The largest absolute Gasteiger partial charge is 0.412 e. The summed E-state index contributed by atoms with van der Waals surface area (Å²) in [4.78, 5) is 0. The standard InChI is InChI=1S/C2H6O2.C2H6.CH4.2Hf.6H2O/c1-2(3)4;1-2;;;;;;;;;/h2-4H,1H3;1-2H3;1H4;;;6*1H2. The molecular weight excluding hydrogens is 545 g/mol. The van der Waals surface area contributed by atoms with Crippen molar-refractivity contribution < 1.29 is 94.8 Å². The molecule has 0 aliphatic heterocycles. The number of aliphatic hydroxyl groups excluding tert-OH is 1. The van der Waals surface area contributed by atoms with Gasteiger partial charge in [0.25, 0.3) is 0 Å². The second-order valence-electron chi connectivity index (χ2n) is 0.632. The molecular formula is C5H28Hf2O8. The van der Waals surface area contributed by atoms with Gasteiger partial charge in [-0.3, -0.25) is 0 Å². The van der Waals surface area contributed by atoms with Crippen molar-refractivity contribution in [2.75, 3.05) is 0 Å². The molecule has 0 fully saturated rings. The van der Waals surface area contributed by atoms with Crippen LogP contribution >= 0.6 is 0 Å². The van der Waals surface area contributed by atoms with Crippen LogP contribution in [0.5, 0.6) is 0 Å². The second kappa shape index (κ2) is 164. The summed E-state index contributed by atoms with van der Waals surface area (Å²) in [6, 6.07) is 0. The van der Waals surface area contributed by atoms with E-state index in [-0.39, 0.29) is 92.0 Å². The molecule has 14 N–H and O–H groups in total. The fourth-order valence-electron chi connectivity index (χ4n) is 0. The van der Waals surface area contributed by atoms with Crippen molar-refractivity contribution in [2.45, 2.75) is 34.5 Å². The molecule has 0 aromatic rings. The zero-order chi connectivity index (χ0) is 5.58. The Balaban J connectivity index is -0.00000000155. The SMILES string of the molecule is C.CC.CC(O)O.O.O.O.O.O.O.[Hf].[Hf].